The summed E-state index contributed by atoms with van der Waals surface area (Å²) >= 11 is 0. The van der Waals surface area contributed by atoms with Crippen molar-refractivity contribution in [3.8, 4) is 6.07 Å². The maximum atomic E-state index is 8.25. The van der Waals surface area contributed by atoms with E-state index in [0.29, 0.717) is 6.42 Å². The van der Waals surface area contributed by atoms with E-state index in [1.54, 1.807) is 6.21 Å². The zero-order chi connectivity index (χ0) is 8.81. The Labute approximate surface area is 72.2 Å². The van der Waals surface area contributed by atoms with Gasteiger partial charge in [0, 0.05) is 6.21 Å². The molecule has 1 rings (SSSR count). The monoisotopic (exact) mass is 158 g/mol. The van der Waals surface area contributed by atoms with Crippen LogP contribution in [0.5, 0.6) is 0 Å². The highest BCUT2D eigenvalue weighted by atomic mass is 14.7. The minimum Gasteiger partial charge on any atom is -0.260 e. The molecule has 0 saturated carbocycles. The van der Waals surface area contributed by atoms with Gasteiger partial charge in [0.1, 0.15) is 0 Å². The van der Waals surface area contributed by atoms with Gasteiger partial charge in [-0.3, -0.25) is 4.99 Å². The molecule has 0 heterocycles. The van der Waals surface area contributed by atoms with Gasteiger partial charge in [0.15, 0.2) is 0 Å². The van der Waals surface area contributed by atoms with Crippen LogP contribution in [-0.2, 0) is 0 Å². The van der Waals surface area contributed by atoms with Crippen molar-refractivity contribution in [1.82, 2.24) is 0 Å². The largest absolute Gasteiger partial charge is 0.260 e. The van der Waals surface area contributed by atoms with Gasteiger partial charge in [-0.05, 0) is 19.1 Å². The minimum absolute atomic E-state index is 0.369. The molecule has 0 aliphatic carbocycles. The van der Waals surface area contributed by atoms with Crippen LogP contribution in [0.15, 0.2) is 29.3 Å². The molecule has 0 aliphatic heterocycles. The van der Waals surface area contributed by atoms with Crippen molar-refractivity contribution in [1.29, 1.82) is 5.26 Å². The van der Waals surface area contributed by atoms with Crippen molar-refractivity contribution in [2.24, 2.45) is 4.99 Å². The van der Waals surface area contributed by atoms with Gasteiger partial charge in [-0.1, -0.05) is 17.7 Å². The zero-order valence-electron chi connectivity index (χ0n) is 6.99. The molecule has 0 aromatic heterocycles. The number of nitrogens with zero attached hydrogens (tertiary/aromatic N) is 2. The van der Waals surface area contributed by atoms with Crippen LogP contribution < -0.4 is 0 Å². The molecule has 0 unspecified atom stereocenters. The van der Waals surface area contributed by atoms with E-state index in [-0.39, 0.29) is 0 Å². The second kappa shape index (κ2) is 4.30. The Balaban J connectivity index is 2.66. The summed E-state index contributed by atoms with van der Waals surface area (Å²) in [6.07, 6.45) is 1.98. The van der Waals surface area contributed by atoms with Gasteiger partial charge in [0.2, 0.25) is 0 Å². The van der Waals surface area contributed by atoms with Crippen molar-refractivity contribution in [3.63, 3.8) is 0 Å². The molecule has 2 nitrogen and oxygen atoms in total. The highest BCUT2D eigenvalue weighted by Crippen LogP contribution is 2.11. The highest BCUT2D eigenvalue weighted by molar-refractivity contribution is 5.65. The third kappa shape index (κ3) is 2.55. The lowest BCUT2D eigenvalue weighted by molar-refractivity contribution is 1.39. The second-order valence-electron chi connectivity index (χ2n) is 2.51. The molecule has 12 heavy (non-hydrogen) atoms. The Morgan fingerprint density at radius 2 is 2.08 bits per heavy atom. The van der Waals surface area contributed by atoms with E-state index in [2.05, 4.69) is 4.99 Å². The lowest BCUT2D eigenvalue weighted by Gasteiger charge is -1.92. The topological polar surface area (TPSA) is 36.1 Å². The second-order valence-corrected chi connectivity index (χ2v) is 2.51. The smallest absolute Gasteiger partial charge is 0.0705 e. The maximum Gasteiger partial charge on any atom is 0.0705 e. The molecule has 1 aromatic carbocycles. The molecule has 0 aliphatic rings. The van der Waals surface area contributed by atoms with E-state index in [4.69, 9.17) is 5.26 Å². The maximum absolute atomic E-state index is 8.25. The van der Waals surface area contributed by atoms with E-state index in [0.717, 1.165) is 5.69 Å². The van der Waals surface area contributed by atoms with E-state index in [1.807, 2.05) is 37.3 Å². The van der Waals surface area contributed by atoms with Gasteiger partial charge in [-0.2, -0.15) is 5.26 Å². The fourth-order valence-corrected chi connectivity index (χ4v) is 0.823. The fourth-order valence-electron chi connectivity index (χ4n) is 0.823. The highest BCUT2D eigenvalue weighted by Gasteiger charge is 1.85. The SMILES string of the molecule is Cc1ccc(N=CCC#N)cc1. The van der Waals surface area contributed by atoms with Crippen LogP contribution >= 0.6 is 0 Å². The number of hydrogen-bond acceptors (Lipinski definition) is 2. The number of aliphatic imine (C=N–C) groups is 1. The summed E-state index contributed by atoms with van der Waals surface area (Å²) in [4.78, 5) is 4.09. The van der Waals surface area contributed by atoms with Gasteiger partial charge in [0.05, 0.1) is 18.2 Å². The number of hydrogen-bond donors (Lipinski definition) is 0. The molecular formula is C10H10N2. The average Bonchev–Trinajstić information content (AvgIpc) is 2.09. The lowest BCUT2D eigenvalue weighted by Crippen LogP contribution is -1.71. The average molecular weight is 158 g/mol. The minimum atomic E-state index is 0.369. The Hall–Kier alpha value is -1.62. The number of rotatable bonds is 2. The van der Waals surface area contributed by atoms with Crippen molar-refractivity contribution in [2.75, 3.05) is 0 Å². The molecule has 1 aromatic rings. The van der Waals surface area contributed by atoms with Crippen molar-refractivity contribution in [2.45, 2.75) is 13.3 Å². The molecule has 0 amide bonds. The predicted octanol–water partition coefficient (Wildman–Crippen LogP) is 2.61. The molecule has 0 atom stereocenters. The number of aryl methyl sites for hydroxylation is 1. The van der Waals surface area contributed by atoms with Gasteiger partial charge in [-0.25, -0.2) is 0 Å². The van der Waals surface area contributed by atoms with E-state index >= 15 is 0 Å². The molecule has 0 bridgehead atoms. The van der Waals surface area contributed by atoms with E-state index < -0.39 is 0 Å². The summed E-state index contributed by atoms with van der Waals surface area (Å²) in [6, 6.07) is 9.87. The first-order chi connectivity index (χ1) is 5.83. The normalized spacial score (nSPS) is 10.0. The molecule has 60 valence electrons. The fraction of sp³-hybridized carbons (Fsp3) is 0.200. The lowest BCUT2D eigenvalue weighted by atomic mass is 10.2. The summed E-state index contributed by atoms with van der Waals surface area (Å²) < 4.78 is 0. The van der Waals surface area contributed by atoms with E-state index in [9.17, 15) is 0 Å². The molecular weight excluding hydrogens is 148 g/mol. The van der Waals surface area contributed by atoms with Crippen LogP contribution in [0.25, 0.3) is 0 Å². The standard InChI is InChI=1S/C10H10N2/c1-9-3-5-10(6-4-9)12-8-2-7-11/h3-6,8H,2H2,1H3. The summed E-state index contributed by atoms with van der Waals surface area (Å²) in [5.41, 5.74) is 2.12. The number of nitriles is 1. The molecule has 2 heteroatoms. The zero-order valence-corrected chi connectivity index (χ0v) is 6.99. The molecule has 0 fully saturated rings. The Morgan fingerprint density at radius 3 is 2.67 bits per heavy atom. The first-order valence-corrected chi connectivity index (χ1v) is 3.79. The summed E-state index contributed by atoms with van der Waals surface area (Å²) in [5.74, 6) is 0. The Kier molecular flexibility index (Phi) is 3.04. The summed E-state index contributed by atoms with van der Waals surface area (Å²) in [6.45, 7) is 2.03. The molecule has 0 spiro atoms. The molecule has 0 radical (unpaired) electrons. The third-order valence-electron chi connectivity index (χ3n) is 1.46. The summed E-state index contributed by atoms with van der Waals surface area (Å²) in [5, 5.41) is 8.25. The van der Waals surface area contributed by atoms with Crippen LogP contribution in [0.1, 0.15) is 12.0 Å². The van der Waals surface area contributed by atoms with Crippen LogP contribution in [0.2, 0.25) is 0 Å². The first-order valence-electron chi connectivity index (χ1n) is 3.79. The van der Waals surface area contributed by atoms with Crippen LogP contribution in [0, 0.1) is 18.3 Å². The Bertz CT molecular complexity index is 304. The predicted molar refractivity (Wildman–Crippen MR) is 49.6 cm³/mol. The van der Waals surface area contributed by atoms with Crippen molar-refractivity contribution < 1.29 is 0 Å². The Morgan fingerprint density at radius 1 is 1.42 bits per heavy atom. The van der Waals surface area contributed by atoms with Crippen molar-refractivity contribution >= 4 is 11.9 Å². The molecule has 0 saturated heterocycles. The van der Waals surface area contributed by atoms with Gasteiger partial charge < -0.3 is 0 Å². The van der Waals surface area contributed by atoms with Gasteiger partial charge in [0.25, 0.3) is 0 Å². The van der Waals surface area contributed by atoms with Crippen molar-refractivity contribution in [3.05, 3.63) is 29.8 Å². The van der Waals surface area contributed by atoms with E-state index in [1.165, 1.54) is 5.56 Å². The van der Waals surface area contributed by atoms with Crippen LogP contribution in [0.3, 0.4) is 0 Å². The van der Waals surface area contributed by atoms with Gasteiger partial charge >= 0.3 is 0 Å². The third-order valence-corrected chi connectivity index (χ3v) is 1.46. The first kappa shape index (κ1) is 8.48. The quantitative estimate of drug-likeness (QED) is 0.609. The molecule has 0 N–H and O–H groups in total. The van der Waals surface area contributed by atoms with Gasteiger partial charge in [-0.15, -0.1) is 0 Å². The van der Waals surface area contributed by atoms with Crippen LogP contribution in [-0.4, -0.2) is 6.21 Å². The number of benzene rings is 1. The summed E-state index contributed by atoms with van der Waals surface area (Å²) in [7, 11) is 0. The van der Waals surface area contributed by atoms with Crippen LogP contribution in [0.4, 0.5) is 5.69 Å².